The van der Waals surface area contributed by atoms with Gasteiger partial charge in [0.2, 0.25) is 17.6 Å². The van der Waals surface area contributed by atoms with Crippen LogP contribution in [0.25, 0.3) is 0 Å². The van der Waals surface area contributed by atoms with Crippen LogP contribution in [-0.4, -0.2) is 84.9 Å². The zero-order valence-corrected chi connectivity index (χ0v) is 22.2. The molecule has 1 heterocycles. The minimum Gasteiger partial charge on any atom is -0.378 e. The molecule has 1 aliphatic heterocycles. The molecule has 2 aliphatic rings. The number of ketones is 1. The van der Waals surface area contributed by atoms with Gasteiger partial charge in [-0.15, -0.1) is 0 Å². The number of unbranched alkanes of at least 4 members (excludes halogenated alkanes) is 1. The number of nitrogens with zero attached hydrogens (tertiary/aromatic N) is 1. The maximum Gasteiger partial charge on any atom is 0.318 e. The largest absolute Gasteiger partial charge is 0.378 e. The lowest BCUT2D eigenvalue weighted by atomic mass is 9.80. The quantitative estimate of drug-likeness (QED) is 0.306. The molecule has 0 spiro atoms. The van der Waals surface area contributed by atoms with Crippen LogP contribution in [0.1, 0.15) is 78.6 Å². The van der Waals surface area contributed by atoms with Gasteiger partial charge >= 0.3 is 6.03 Å². The van der Waals surface area contributed by atoms with Crippen molar-refractivity contribution in [2.45, 2.75) is 95.7 Å². The molecule has 0 aromatic heterocycles. The molecule has 36 heavy (non-hydrogen) atoms. The first kappa shape index (κ1) is 29.5. The molecule has 1 aliphatic carbocycles. The summed E-state index contributed by atoms with van der Waals surface area (Å²) in [6.07, 6.45) is 5.37. The molecule has 11 nitrogen and oxygen atoms in total. The molecule has 1 saturated carbocycles. The van der Waals surface area contributed by atoms with Gasteiger partial charge < -0.3 is 30.9 Å². The highest BCUT2D eigenvalue weighted by Gasteiger charge is 2.44. The minimum absolute atomic E-state index is 0.283. The van der Waals surface area contributed by atoms with Gasteiger partial charge in [0.1, 0.15) is 11.1 Å². The average Bonchev–Trinajstić information content (AvgIpc) is 2.90. The van der Waals surface area contributed by atoms with Gasteiger partial charge in [-0.1, -0.05) is 46.0 Å². The second-order valence-corrected chi connectivity index (χ2v) is 9.92. The van der Waals surface area contributed by atoms with E-state index in [1.54, 1.807) is 18.7 Å². The van der Waals surface area contributed by atoms with Crippen molar-refractivity contribution in [1.82, 2.24) is 26.2 Å². The van der Waals surface area contributed by atoms with E-state index in [-0.39, 0.29) is 18.9 Å². The van der Waals surface area contributed by atoms with Crippen LogP contribution >= 0.6 is 0 Å². The van der Waals surface area contributed by atoms with Gasteiger partial charge in [0.25, 0.3) is 5.91 Å². The number of amides is 5. The molecule has 0 bridgehead atoms. The Labute approximate surface area is 213 Å². The van der Waals surface area contributed by atoms with Crippen LogP contribution < -0.4 is 21.3 Å². The maximum absolute atomic E-state index is 13.6. The molecule has 4 N–H and O–H groups in total. The van der Waals surface area contributed by atoms with E-state index >= 15 is 0 Å². The Morgan fingerprint density at radius 2 is 1.67 bits per heavy atom. The monoisotopic (exact) mass is 509 g/mol. The third-order valence-electron chi connectivity index (χ3n) is 7.30. The number of hydrogen-bond donors (Lipinski definition) is 4. The Balaban J connectivity index is 2.19. The van der Waals surface area contributed by atoms with Crippen molar-refractivity contribution in [1.29, 1.82) is 0 Å². The molecule has 5 amide bonds. The normalized spacial score (nSPS) is 19.8. The van der Waals surface area contributed by atoms with Gasteiger partial charge in [-0.05, 0) is 32.6 Å². The number of carbonyl (C=O) groups is 5. The number of Topliss-reactive ketones (excluding diaryl/α,β-unsaturated/α-hetero) is 1. The number of carbonyl (C=O) groups excluding carboxylic acids is 5. The average molecular weight is 510 g/mol. The van der Waals surface area contributed by atoms with Gasteiger partial charge in [-0.2, -0.15) is 0 Å². The molecule has 11 heteroatoms. The van der Waals surface area contributed by atoms with Gasteiger partial charge in [0.05, 0.1) is 19.3 Å². The van der Waals surface area contributed by atoms with Crippen LogP contribution in [0.3, 0.4) is 0 Å². The van der Waals surface area contributed by atoms with E-state index in [0.29, 0.717) is 45.6 Å². The summed E-state index contributed by atoms with van der Waals surface area (Å²) in [6.45, 7) is 7.03. The molecule has 204 valence electrons. The van der Waals surface area contributed by atoms with Crippen molar-refractivity contribution in [3.8, 4) is 0 Å². The van der Waals surface area contributed by atoms with Crippen LogP contribution in [0.5, 0.6) is 0 Å². The van der Waals surface area contributed by atoms with E-state index in [4.69, 9.17) is 4.74 Å². The Hall–Kier alpha value is -2.69. The summed E-state index contributed by atoms with van der Waals surface area (Å²) in [5, 5.41) is 10.8. The molecule has 1 saturated heterocycles. The molecule has 2 atom stereocenters. The standard InChI is InChI=1S/C25H43N5O6/c1-5-7-11-18(19(31)20(32)28-24(3,6-2)21(33)26-4)27-22(34)25(12-9-8-10-13-25)29-23(35)30-14-16-36-17-15-30/h18H,5-17H2,1-4H3,(H,26,33)(H,27,34)(H,28,32)(H,29,35)/t18-,24-/m0/s1. The summed E-state index contributed by atoms with van der Waals surface area (Å²) in [5.41, 5.74) is -2.40. The number of likely N-dealkylation sites (N-methyl/N-ethyl adjacent to an activating group) is 1. The van der Waals surface area contributed by atoms with Crippen LogP contribution in [0, 0.1) is 0 Å². The zero-order chi connectivity index (χ0) is 26.8. The van der Waals surface area contributed by atoms with E-state index in [0.717, 1.165) is 25.7 Å². The fourth-order valence-electron chi connectivity index (χ4n) is 4.64. The first-order valence-electron chi connectivity index (χ1n) is 13.2. The summed E-state index contributed by atoms with van der Waals surface area (Å²) in [6, 6.07) is -1.38. The molecule has 2 rings (SSSR count). The second-order valence-electron chi connectivity index (χ2n) is 9.92. The van der Waals surface area contributed by atoms with Gasteiger partial charge in [-0.3, -0.25) is 19.2 Å². The number of ether oxygens (including phenoxy) is 1. The van der Waals surface area contributed by atoms with Crippen molar-refractivity contribution in [2.24, 2.45) is 0 Å². The van der Waals surface area contributed by atoms with Gasteiger partial charge in [0.15, 0.2) is 0 Å². The smallest absolute Gasteiger partial charge is 0.318 e. The van der Waals surface area contributed by atoms with E-state index in [2.05, 4.69) is 21.3 Å². The Bertz CT molecular complexity index is 807. The number of urea groups is 1. The molecule has 0 aromatic rings. The highest BCUT2D eigenvalue weighted by molar-refractivity contribution is 6.39. The van der Waals surface area contributed by atoms with E-state index in [1.807, 2.05) is 6.92 Å². The molecular weight excluding hydrogens is 466 g/mol. The summed E-state index contributed by atoms with van der Waals surface area (Å²) in [4.78, 5) is 66.5. The lowest BCUT2D eigenvalue weighted by Crippen LogP contribution is -2.65. The van der Waals surface area contributed by atoms with Crippen LogP contribution in [0.2, 0.25) is 0 Å². The Kier molecular flexibility index (Phi) is 11.1. The zero-order valence-electron chi connectivity index (χ0n) is 22.2. The Morgan fingerprint density at radius 3 is 2.22 bits per heavy atom. The number of nitrogens with one attached hydrogen (secondary N) is 4. The lowest BCUT2D eigenvalue weighted by molar-refractivity contribution is -0.143. The fraction of sp³-hybridized carbons (Fsp3) is 0.800. The van der Waals surface area contributed by atoms with E-state index < -0.39 is 40.6 Å². The molecule has 0 aromatic carbocycles. The molecule has 2 fully saturated rings. The fourth-order valence-corrected chi connectivity index (χ4v) is 4.64. The van der Waals surface area contributed by atoms with Crippen molar-refractivity contribution in [3.63, 3.8) is 0 Å². The topological polar surface area (TPSA) is 146 Å². The van der Waals surface area contributed by atoms with Crippen molar-refractivity contribution in [2.75, 3.05) is 33.4 Å². The Morgan fingerprint density at radius 1 is 1.03 bits per heavy atom. The molecular formula is C25H43N5O6. The summed E-state index contributed by atoms with van der Waals surface area (Å²) in [7, 11) is 1.46. The third kappa shape index (κ3) is 7.41. The van der Waals surface area contributed by atoms with Crippen LogP contribution in [0.15, 0.2) is 0 Å². The van der Waals surface area contributed by atoms with Crippen molar-refractivity contribution >= 4 is 29.5 Å². The molecule has 0 unspecified atom stereocenters. The second kappa shape index (κ2) is 13.6. The van der Waals surface area contributed by atoms with E-state index in [9.17, 15) is 24.0 Å². The van der Waals surface area contributed by atoms with Gasteiger partial charge in [0, 0.05) is 20.1 Å². The first-order chi connectivity index (χ1) is 17.1. The van der Waals surface area contributed by atoms with E-state index in [1.165, 1.54) is 7.05 Å². The highest BCUT2D eigenvalue weighted by Crippen LogP contribution is 2.29. The maximum atomic E-state index is 13.6. The summed E-state index contributed by atoms with van der Waals surface area (Å²) in [5.74, 6) is -2.58. The molecule has 0 radical (unpaired) electrons. The first-order valence-corrected chi connectivity index (χ1v) is 13.2. The van der Waals surface area contributed by atoms with Crippen molar-refractivity contribution in [3.05, 3.63) is 0 Å². The highest BCUT2D eigenvalue weighted by atomic mass is 16.5. The number of hydrogen-bond acceptors (Lipinski definition) is 6. The SMILES string of the molecule is CCCC[C@H](NC(=O)C1(NC(=O)N2CCOCC2)CCCCC1)C(=O)C(=O)N[C@@](C)(CC)C(=O)NC. The summed E-state index contributed by atoms with van der Waals surface area (Å²) < 4.78 is 5.31. The predicted molar refractivity (Wildman–Crippen MR) is 134 cm³/mol. The summed E-state index contributed by atoms with van der Waals surface area (Å²) >= 11 is 0. The van der Waals surface area contributed by atoms with Crippen molar-refractivity contribution < 1.29 is 28.7 Å². The third-order valence-corrected chi connectivity index (χ3v) is 7.30. The number of rotatable bonds is 11. The predicted octanol–water partition coefficient (Wildman–Crippen LogP) is 1.01. The van der Waals surface area contributed by atoms with Crippen LogP contribution in [0.4, 0.5) is 4.79 Å². The van der Waals surface area contributed by atoms with Crippen LogP contribution in [-0.2, 0) is 23.9 Å². The van der Waals surface area contributed by atoms with Gasteiger partial charge in [-0.25, -0.2) is 4.79 Å². The lowest BCUT2D eigenvalue weighted by Gasteiger charge is -2.39. The minimum atomic E-state index is -1.25. The number of morpholine rings is 1.